The lowest BCUT2D eigenvalue weighted by Gasteiger charge is -2.09. The average molecular weight is 236 g/mol. The van der Waals surface area contributed by atoms with Gasteiger partial charge in [0.1, 0.15) is 0 Å². The van der Waals surface area contributed by atoms with Crippen LogP contribution in [0.4, 0.5) is 0 Å². The summed E-state index contributed by atoms with van der Waals surface area (Å²) in [6, 6.07) is 1.33. The van der Waals surface area contributed by atoms with E-state index in [-0.39, 0.29) is 23.1 Å². The summed E-state index contributed by atoms with van der Waals surface area (Å²) < 4.78 is 5.48. The summed E-state index contributed by atoms with van der Waals surface area (Å²) in [4.78, 5) is 26.2. The lowest BCUT2D eigenvalue weighted by atomic mass is 10.2. The Morgan fingerprint density at radius 2 is 2.24 bits per heavy atom. The van der Waals surface area contributed by atoms with E-state index in [2.05, 4.69) is 10.3 Å². The van der Waals surface area contributed by atoms with Crippen LogP contribution in [0.2, 0.25) is 0 Å². The minimum absolute atomic E-state index is 0.00769. The van der Waals surface area contributed by atoms with Gasteiger partial charge in [0, 0.05) is 13.2 Å². The number of carbonyl (C=O) groups excluding carboxylic acids is 1. The molecule has 6 heteroatoms. The summed E-state index contributed by atoms with van der Waals surface area (Å²) in [6.45, 7) is 0. The molecule has 0 radical (unpaired) electrons. The zero-order chi connectivity index (χ0) is 12.4. The molecule has 0 atom stereocenters. The number of hydrogen-bond donors (Lipinski definition) is 2. The highest BCUT2D eigenvalue weighted by Crippen LogP contribution is 2.29. The van der Waals surface area contributed by atoms with Gasteiger partial charge in [0.25, 0.3) is 5.91 Å². The second-order valence-corrected chi connectivity index (χ2v) is 3.77. The Hall–Kier alpha value is -2.11. The van der Waals surface area contributed by atoms with Crippen LogP contribution in [-0.4, -0.2) is 35.1 Å². The third kappa shape index (κ3) is 2.52. The summed E-state index contributed by atoms with van der Waals surface area (Å²) in [5.41, 5.74) is 0.123. The van der Waals surface area contributed by atoms with Gasteiger partial charge in [-0.2, -0.15) is 0 Å². The molecule has 2 rings (SSSR count). The first-order valence-corrected chi connectivity index (χ1v) is 5.24. The number of pyridine rings is 1. The number of hydrogen-bond acceptors (Lipinski definition) is 4. The lowest BCUT2D eigenvalue weighted by Crippen LogP contribution is -2.21. The van der Waals surface area contributed by atoms with Crippen molar-refractivity contribution in [2.24, 2.45) is 0 Å². The standard InChI is InChI=1S/C11H12N2O4/c1-12-10(14)9-8(17-7-2-3-7)4-6(5-13-9)11(15)16/h4-5,7H,2-3H2,1H3,(H,12,14)(H,15,16). The van der Waals surface area contributed by atoms with Gasteiger partial charge in [0.05, 0.1) is 11.7 Å². The molecular formula is C11H12N2O4. The summed E-state index contributed by atoms with van der Waals surface area (Å²) in [5, 5.41) is 11.3. The molecule has 90 valence electrons. The van der Waals surface area contributed by atoms with Crippen molar-refractivity contribution in [3.05, 3.63) is 23.5 Å². The number of nitrogens with one attached hydrogen (secondary N) is 1. The summed E-state index contributed by atoms with van der Waals surface area (Å²) in [6.07, 6.45) is 3.06. The van der Waals surface area contributed by atoms with E-state index >= 15 is 0 Å². The lowest BCUT2D eigenvalue weighted by molar-refractivity contribution is 0.0694. The summed E-state index contributed by atoms with van der Waals surface area (Å²) in [7, 11) is 1.48. The third-order valence-corrected chi connectivity index (χ3v) is 2.36. The highest BCUT2D eigenvalue weighted by atomic mass is 16.5. The fourth-order valence-corrected chi connectivity index (χ4v) is 1.31. The maximum absolute atomic E-state index is 11.5. The van der Waals surface area contributed by atoms with Crippen LogP contribution in [0.25, 0.3) is 0 Å². The number of carboxylic acid groups (broad SMARTS) is 1. The normalized spacial score (nSPS) is 14.2. The van der Waals surface area contributed by atoms with Gasteiger partial charge in [0.15, 0.2) is 11.4 Å². The molecule has 1 fully saturated rings. The first-order chi connectivity index (χ1) is 8.11. The van der Waals surface area contributed by atoms with Crippen LogP contribution in [0.3, 0.4) is 0 Å². The molecule has 1 saturated carbocycles. The Bertz CT molecular complexity index is 469. The van der Waals surface area contributed by atoms with Crippen molar-refractivity contribution in [3.8, 4) is 5.75 Å². The molecule has 0 aliphatic heterocycles. The Kier molecular flexibility index (Phi) is 2.95. The van der Waals surface area contributed by atoms with Crippen molar-refractivity contribution in [2.45, 2.75) is 18.9 Å². The topological polar surface area (TPSA) is 88.5 Å². The quantitative estimate of drug-likeness (QED) is 0.802. The second kappa shape index (κ2) is 4.40. The predicted octanol–water partition coefficient (Wildman–Crippen LogP) is 0.681. The summed E-state index contributed by atoms with van der Waals surface area (Å²) >= 11 is 0. The van der Waals surface area contributed by atoms with Gasteiger partial charge in [-0.05, 0) is 18.9 Å². The number of carbonyl (C=O) groups is 2. The smallest absolute Gasteiger partial charge is 0.337 e. The minimum atomic E-state index is -1.10. The number of rotatable bonds is 4. The van der Waals surface area contributed by atoms with Crippen LogP contribution in [-0.2, 0) is 0 Å². The molecule has 1 aliphatic carbocycles. The highest BCUT2D eigenvalue weighted by molar-refractivity contribution is 5.96. The first-order valence-electron chi connectivity index (χ1n) is 5.24. The van der Waals surface area contributed by atoms with Gasteiger partial charge in [-0.3, -0.25) is 4.79 Å². The van der Waals surface area contributed by atoms with Crippen molar-refractivity contribution in [1.29, 1.82) is 0 Å². The molecule has 6 nitrogen and oxygen atoms in total. The molecule has 0 bridgehead atoms. The monoisotopic (exact) mass is 236 g/mol. The SMILES string of the molecule is CNC(=O)c1ncc(C(=O)O)cc1OC1CC1. The first kappa shape index (κ1) is 11.4. The van der Waals surface area contributed by atoms with Gasteiger partial charge in [-0.1, -0.05) is 0 Å². The zero-order valence-electron chi connectivity index (χ0n) is 9.27. The van der Waals surface area contributed by atoms with Gasteiger partial charge in [0.2, 0.25) is 0 Å². The molecule has 1 amide bonds. The van der Waals surface area contributed by atoms with E-state index < -0.39 is 11.9 Å². The Morgan fingerprint density at radius 1 is 1.53 bits per heavy atom. The van der Waals surface area contributed by atoms with Crippen LogP contribution >= 0.6 is 0 Å². The molecule has 1 aliphatic rings. The maximum Gasteiger partial charge on any atom is 0.337 e. The van der Waals surface area contributed by atoms with Gasteiger partial charge in [-0.25, -0.2) is 9.78 Å². The number of carboxylic acids is 1. The fourth-order valence-electron chi connectivity index (χ4n) is 1.31. The van der Waals surface area contributed by atoms with Crippen molar-refractivity contribution in [3.63, 3.8) is 0 Å². The number of nitrogens with zero attached hydrogens (tertiary/aromatic N) is 1. The van der Waals surface area contributed by atoms with Gasteiger partial charge >= 0.3 is 5.97 Å². The van der Waals surface area contributed by atoms with E-state index in [0.29, 0.717) is 0 Å². The Morgan fingerprint density at radius 3 is 2.76 bits per heavy atom. The molecule has 1 heterocycles. The predicted molar refractivity (Wildman–Crippen MR) is 58.2 cm³/mol. The molecule has 0 saturated heterocycles. The van der Waals surface area contributed by atoms with E-state index in [4.69, 9.17) is 9.84 Å². The van der Waals surface area contributed by atoms with E-state index in [1.165, 1.54) is 13.1 Å². The highest BCUT2D eigenvalue weighted by Gasteiger charge is 2.26. The fraction of sp³-hybridized carbons (Fsp3) is 0.364. The van der Waals surface area contributed by atoms with Crippen molar-refractivity contribution in [2.75, 3.05) is 7.05 Å². The van der Waals surface area contributed by atoms with Crippen molar-refractivity contribution in [1.82, 2.24) is 10.3 Å². The average Bonchev–Trinajstić information content (AvgIpc) is 3.11. The molecule has 1 aromatic heterocycles. The Balaban J connectivity index is 2.35. The van der Waals surface area contributed by atoms with Crippen LogP contribution in [0.1, 0.15) is 33.7 Å². The second-order valence-electron chi connectivity index (χ2n) is 3.77. The largest absolute Gasteiger partial charge is 0.488 e. The molecule has 0 unspecified atom stereocenters. The molecule has 0 spiro atoms. The Labute approximate surface area is 97.6 Å². The molecule has 17 heavy (non-hydrogen) atoms. The molecule has 1 aromatic rings. The molecular weight excluding hydrogens is 224 g/mol. The number of aromatic carboxylic acids is 1. The van der Waals surface area contributed by atoms with Crippen molar-refractivity contribution >= 4 is 11.9 Å². The number of ether oxygens (including phenoxy) is 1. The van der Waals surface area contributed by atoms with Crippen LogP contribution in [0.15, 0.2) is 12.3 Å². The van der Waals surface area contributed by atoms with Crippen LogP contribution in [0.5, 0.6) is 5.75 Å². The van der Waals surface area contributed by atoms with E-state index in [9.17, 15) is 9.59 Å². The molecule has 2 N–H and O–H groups in total. The van der Waals surface area contributed by atoms with Crippen LogP contribution in [0, 0.1) is 0 Å². The van der Waals surface area contributed by atoms with Gasteiger partial charge in [-0.15, -0.1) is 0 Å². The minimum Gasteiger partial charge on any atom is -0.488 e. The third-order valence-electron chi connectivity index (χ3n) is 2.36. The zero-order valence-corrected chi connectivity index (χ0v) is 9.27. The van der Waals surface area contributed by atoms with Crippen LogP contribution < -0.4 is 10.1 Å². The number of aromatic nitrogens is 1. The maximum atomic E-state index is 11.5. The molecule has 0 aromatic carbocycles. The summed E-state index contributed by atoms with van der Waals surface area (Å²) in [5.74, 6) is -1.26. The van der Waals surface area contributed by atoms with Crippen molar-refractivity contribution < 1.29 is 19.4 Å². The van der Waals surface area contributed by atoms with Gasteiger partial charge < -0.3 is 15.2 Å². The number of amides is 1. The van der Waals surface area contributed by atoms with E-state index in [0.717, 1.165) is 19.0 Å². The van der Waals surface area contributed by atoms with E-state index in [1.54, 1.807) is 0 Å². The van der Waals surface area contributed by atoms with E-state index in [1.807, 2.05) is 0 Å².